The van der Waals surface area contributed by atoms with Gasteiger partial charge < -0.3 is 14.6 Å². The summed E-state index contributed by atoms with van der Waals surface area (Å²) in [7, 11) is 0. The van der Waals surface area contributed by atoms with Crippen molar-refractivity contribution in [2.45, 2.75) is 50.8 Å². The van der Waals surface area contributed by atoms with Crippen molar-refractivity contribution < 1.29 is 18.8 Å². The molecule has 3 rings (SSSR count). The molecule has 1 spiro atoms. The summed E-state index contributed by atoms with van der Waals surface area (Å²) in [6.45, 7) is 6.54. The van der Waals surface area contributed by atoms with Gasteiger partial charge in [-0.3, -0.25) is 0 Å². The number of nitrogens with zero attached hydrogens (tertiary/aromatic N) is 1. The summed E-state index contributed by atoms with van der Waals surface area (Å²) in [5.41, 5.74) is 1.24. The van der Waals surface area contributed by atoms with E-state index in [4.69, 9.17) is 0 Å². The molecule has 0 saturated carbocycles. The highest BCUT2D eigenvalue weighted by atomic mass is 32.2. The Morgan fingerprint density at radius 1 is 1.40 bits per heavy atom. The minimum Gasteiger partial charge on any atom is -0.598 e. The zero-order valence-corrected chi connectivity index (χ0v) is 15.7. The maximum absolute atomic E-state index is 14.4. The average Bonchev–Trinajstić information content (AvgIpc) is 2.82. The maximum Gasteiger partial charge on any atom is 0.407 e. The molecule has 1 heterocycles. The van der Waals surface area contributed by atoms with E-state index in [9.17, 15) is 18.8 Å². The van der Waals surface area contributed by atoms with Crippen LogP contribution in [-0.2, 0) is 17.8 Å². The molecular formula is C18H25FN2O3S. The number of carbonyl (C=O) groups is 1. The molecule has 1 fully saturated rings. The van der Waals surface area contributed by atoms with Crippen LogP contribution in [0.5, 0.6) is 0 Å². The minimum atomic E-state index is -1.29. The van der Waals surface area contributed by atoms with Gasteiger partial charge in [0.25, 0.3) is 0 Å². The topological polar surface area (TPSA) is 75.6 Å². The lowest BCUT2D eigenvalue weighted by Gasteiger charge is -2.43. The van der Waals surface area contributed by atoms with Crippen LogP contribution in [0, 0.1) is 11.2 Å². The Labute approximate surface area is 150 Å². The fourth-order valence-corrected chi connectivity index (χ4v) is 4.84. The van der Waals surface area contributed by atoms with Crippen molar-refractivity contribution >= 4 is 17.5 Å². The zero-order valence-electron chi connectivity index (χ0n) is 14.8. The van der Waals surface area contributed by atoms with E-state index in [2.05, 4.69) is 4.72 Å². The van der Waals surface area contributed by atoms with E-state index in [1.165, 1.54) is 11.0 Å². The molecule has 1 aromatic carbocycles. The number of benzene rings is 1. The molecule has 1 saturated heterocycles. The molecule has 1 aromatic rings. The molecule has 1 aliphatic heterocycles. The summed E-state index contributed by atoms with van der Waals surface area (Å²) < 4.78 is 29.9. The van der Waals surface area contributed by atoms with Crippen LogP contribution in [0.25, 0.3) is 0 Å². The van der Waals surface area contributed by atoms with Gasteiger partial charge >= 0.3 is 6.09 Å². The van der Waals surface area contributed by atoms with Gasteiger partial charge in [0.15, 0.2) is 0 Å². The first-order valence-corrected chi connectivity index (χ1v) is 9.72. The third-order valence-electron chi connectivity index (χ3n) is 5.42. The SMILES string of the molecule is CC(C)(C)[S@@+]([O-])N[C@H]1c2cccc(F)c2CC12CCN(C(=O)O)CC2. The van der Waals surface area contributed by atoms with Crippen LogP contribution in [0.4, 0.5) is 9.18 Å². The number of rotatable bonds is 2. The van der Waals surface area contributed by atoms with Crippen LogP contribution in [0.1, 0.15) is 50.8 Å². The predicted molar refractivity (Wildman–Crippen MR) is 95.1 cm³/mol. The number of halogens is 1. The van der Waals surface area contributed by atoms with E-state index in [0.29, 0.717) is 37.9 Å². The second-order valence-corrected chi connectivity index (χ2v) is 10.0. The molecule has 0 unspecified atom stereocenters. The average molecular weight is 368 g/mol. The van der Waals surface area contributed by atoms with Crippen molar-refractivity contribution in [1.82, 2.24) is 9.62 Å². The lowest BCUT2D eigenvalue weighted by Crippen LogP contribution is -2.50. The number of amides is 1. The van der Waals surface area contributed by atoms with Crippen LogP contribution in [0.15, 0.2) is 18.2 Å². The summed E-state index contributed by atoms with van der Waals surface area (Å²) >= 11 is -1.29. The molecule has 0 radical (unpaired) electrons. The number of fused-ring (bicyclic) bond motifs is 1. The van der Waals surface area contributed by atoms with Crippen molar-refractivity contribution in [3.8, 4) is 0 Å². The third kappa shape index (κ3) is 3.37. The Hall–Kier alpha value is -1.31. The fraction of sp³-hybridized carbons (Fsp3) is 0.611. The molecule has 1 amide bonds. The quantitative estimate of drug-likeness (QED) is 0.786. The van der Waals surface area contributed by atoms with Crippen molar-refractivity contribution in [1.29, 1.82) is 0 Å². The Morgan fingerprint density at radius 2 is 2.04 bits per heavy atom. The van der Waals surface area contributed by atoms with Gasteiger partial charge in [-0.15, -0.1) is 4.72 Å². The van der Waals surface area contributed by atoms with Gasteiger partial charge in [-0.1, -0.05) is 12.1 Å². The van der Waals surface area contributed by atoms with E-state index < -0.39 is 22.2 Å². The molecule has 0 aromatic heterocycles. The number of nitrogens with one attached hydrogen (secondary N) is 1. The molecule has 25 heavy (non-hydrogen) atoms. The Bertz CT molecular complexity index is 669. The lowest BCUT2D eigenvalue weighted by molar-refractivity contribution is 0.0762. The van der Waals surface area contributed by atoms with Gasteiger partial charge in [-0.05, 0) is 57.2 Å². The molecular weight excluding hydrogens is 343 g/mol. The summed E-state index contributed by atoms with van der Waals surface area (Å²) in [6.07, 6.45) is 0.902. The number of hydrogen-bond acceptors (Lipinski definition) is 3. The number of carboxylic acid groups (broad SMARTS) is 1. The van der Waals surface area contributed by atoms with Crippen LogP contribution in [-0.4, -0.2) is 38.5 Å². The molecule has 2 aliphatic rings. The highest BCUT2D eigenvalue weighted by Gasteiger charge is 2.51. The highest BCUT2D eigenvalue weighted by molar-refractivity contribution is 7.90. The molecule has 0 bridgehead atoms. The fourth-order valence-electron chi connectivity index (χ4n) is 3.90. The smallest absolute Gasteiger partial charge is 0.407 e. The molecule has 1 aliphatic carbocycles. The van der Waals surface area contributed by atoms with Gasteiger partial charge in [-0.2, -0.15) is 0 Å². The minimum absolute atomic E-state index is 0.228. The molecule has 138 valence electrons. The highest BCUT2D eigenvalue weighted by Crippen LogP contribution is 2.53. The van der Waals surface area contributed by atoms with Gasteiger partial charge in [0.2, 0.25) is 0 Å². The molecule has 5 nitrogen and oxygen atoms in total. The van der Waals surface area contributed by atoms with E-state index in [1.54, 1.807) is 6.07 Å². The first-order chi connectivity index (χ1) is 11.6. The van der Waals surface area contributed by atoms with E-state index in [1.807, 2.05) is 26.8 Å². The standard InChI is InChI=1S/C18H25FN2O3S/c1-17(2,3)25(24)20-15-12-5-4-6-14(19)13(12)11-18(15)7-9-21(10-8-18)16(22)23/h4-6,15,20H,7-11H2,1-3H3,(H,22,23)/t15-,25+/m0/s1. The van der Waals surface area contributed by atoms with Crippen molar-refractivity contribution in [2.75, 3.05) is 13.1 Å². The normalized spacial score (nSPS) is 23.6. The summed E-state index contributed by atoms with van der Waals surface area (Å²) in [5, 5.41) is 9.21. The Balaban J connectivity index is 1.92. The predicted octanol–water partition coefficient (Wildman–Crippen LogP) is 3.23. The van der Waals surface area contributed by atoms with Gasteiger partial charge in [-0.25, -0.2) is 9.18 Å². The Morgan fingerprint density at radius 3 is 2.60 bits per heavy atom. The van der Waals surface area contributed by atoms with Crippen LogP contribution in [0.3, 0.4) is 0 Å². The summed E-state index contributed by atoms with van der Waals surface area (Å²) in [5.74, 6) is -0.233. The maximum atomic E-state index is 14.4. The van der Waals surface area contributed by atoms with E-state index in [-0.39, 0.29) is 17.3 Å². The van der Waals surface area contributed by atoms with E-state index >= 15 is 0 Å². The first kappa shape index (κ1) is 18.5. The van der Waals surface area contributed by atoms with E-state index in [0.717, 1.165) is 5.56 Å². The monoisotopic (exact) mass is 368 g/mol. The Kier molecular flexibility index (Phi) is 4.77. The second kappa shape index (κ2) is 6.45. The largest absolute Gasteiger partial charge is 0.598 e. The zero-order chi connectivity index (χ0) is 18.4. The van der Waals surface area contributed by atoms with Gasteiger partial charge in [0.1, 0.15) is 10.6 Å². The second-order valence-electron chi connectivity index (χ2n) is 8.05. The summed E-state index contributed by atoms with van der Waals surface area (Å²) in [6, 6.07) is 4.82. The summed E-state index contributed by atoms with van der Waals surface area (Å²) in [4.78, 5) is 12.6. The number of likely N-dealkylation sites (tertiary alicyclic amines) is 1. The van der Waals surface area contributed by atoms with Gasteiger partial charge in [0.05, 0.1) is 6.04 Å². The van der Waals surface area contributed by atoms with Crippen LogP contribution in [0.2, 0.25) is 0 Å². The van der Waals surface area contributed by atoms with Gasteiger partial charge in [0, 0.05) is 29.9 Å². The lowest BCUT2D eigenvalue weighted by atomic mass is 9.73. The molecule has 2 atom stereocenters. The molecule has 7 heteroatoms. The number of piperidine rings is 1. The van der Waals surface area contributed by atoms with Crippen molar-refractivity contribution in [2.24, 2.45) is 5.41 Å². The van der Waals surface area contributed by atoms with Crippen LogP contribution < -0.4 is 4.72 Å². The van der Waals surface area contributed by atoms with Crippen molar-refractivity contribution in [3.05, 3.63) is 35.1 Å². The van der Waals surface area contributed by atoms with Crippen molar-refractivity contribution in [3.63, 3.8) is 0 Å². The number of hydrogen-bond donors (Lipinski definition) is 2. The molecule has 2 N–H and O–H groups in total. The third-order valence-corrected chi connectivity index (χ3v) is 6.98. The first-order valence-electron chi connectivity index (χ1n) is 8.57. The van der Waals surface area contributed by atoms with Crippen LogP contribution >= 0.6 is 0 Å².